The van der Waals surface area contributed by atoms with Crippen molar-refractivity contribution in [1.29, 1.82) is 0 Å². The number of carbonyl (C=O) groups excluding carboxylic acids is 2. The lowest BCUT2D eigenvalue weighted by molar-refractivity contribution is -0.115. The molecule has 0 heterocycles. The summed E-state index contributed by atoms with van der Waals surface area (Å²) in [5.74, 6) is -0.349. The summed E-state index contributed by atoms with van der Waals surface area (Å²) in [7, 11) is 1.50. The molecule has 2 N–H and O–H groups in total. The number of anilines is 2. The quantitative estimate of drug-likeness (QED) is 0.736. The van der Waals surface area contributed by atoms with Gasteiger partial charge in [0.2, 0.25) is 11.8 Å². The van der Waals surface area contributed by atoms with Crippen LogP contribution in [0.25, 0.3) is 0 Å². The van der Waals surface area contributed by atoms with Gasteiger partial charge in [0.05, 0.1) is 23.8 Å². The predicted molar refractivity (Wildman–Crippen MR) is 104 cm³/mol. The van der Waals surface area contributed by atoms with Crippen LogP contribution in [0.15, 0.2) is 42.5 Å². The molecule has 8 heteroatoms. The molecule has 2 amide bonds. The van der Waals surface area contributed by atoms with Gasteiger partial charge >= 0.3 is 0 Å². The number of amides is 2. The Morgan fingerprint density at radius 3 is 2.54 bits per heavy atom. The molecule has 2 rings (SSSR count). The lowest BCUT2D eigenvalue weighted by atomic mass is 10.3. The smallest absolute Gasteiger partial charge is 0.237 e. The minimum absolute atomic E-state index is 0.0820. The molecule has 0 aliphatic heterocycles. The van der Waals surface area contributed by atoms with Crippen molar-refractivity contribution in [3.63, 3.8) is 0 Å². The molecular weight excluding hydrogens is 379 g/mol. The van der Waals surface area contributed by atoms with Gasteiger partial charge < -0.3 is 15.4 Å². The Bertz CT molecular complexity index is 787. The molecule has 0 saturated carbocycles. The van der Waals surface area contributed by atoms with Gasteiger partial charge in [0, 0.05) is 10.7 Å². The van der Waals surface area contributed by atoms with E-state index >= 15 is 0 Å². The molecule has 0 saturated heterocycles. The Hall–Kier alpha value is -2.25. The average molecular weight is 397 g/mol. The zero-order valence-corrected chi connectivity index (χ0v) is 15.8. The second kappa shape index (κ2) is 9.45. The van der Waals surface area contributed by atoms with E-state index in [9.17, 15) is 14.0 Å². The minimum atomic E-state index is -0.474. The van der Waals surface area contributed by atoms with E-state index in [1.807, 2.05) is 0 Å². The number of methoxy groups -OCH3 is 1. The maximum Gasteiger partial charge on any atom is 0.237 e. The lowest BCUT2D eigenvalue weighted by Gasteiger charge is -2.14. The summed E-state index contributed by atoms with van der Waals surface area (Å²) in [4.78, 5) is 24.2. The molecule has 0 aromatic heterocycles. The highest BCUT2D eigenvalue weighted by Gasteiger charge is 2.17. The number of hydrogen-bond donors (Lipinski definition) is 2. The van der Waals surface area contributed by atoms with E-state index in [1.54, 1.807) is 25.1 Å². The first-order valence-corrected chi connectivity index (χ1v) is 9.13. The fourth-order valence-corrected chi connectivity index (χ4v) is 2.87. The molecule has 0 radical (unpaired) electrons. The van der Waals surface area contributed by atoms with Crippen molar-refractivity contribution >= 4 is 46.6 Å². The number of benzene rings is 2. The van der Waals surface area contributed by atoms with Crippen molar-refractivity contribution in [2.75, 3.05) is 23.5 Å². The van der Waals surface area contributed by atoms with Gasteiger partial charge in [-0.1, -0.05) is 11.6 Å². The van der Waals surface area contributed by atoms with Gasteiger partial charge in [-0.25, -0.2) is 4.39 Å². The summed E-state index contributed by atoms with van der Waals surface area (Å²) < 4.78 is 18.0. The molecule has 2 aromatic carbocycles. The fourth-order valence-electron chi connectivity index (χ4n) is 2.02. The van der Waals surface area contributed by atoms with Crippen molar-refractivity contribution in [1.82, 2.24) is 0 Å². The molecule has 2 aromatic rings. The summed E-state index contributed by atoms with van der Waals surface area (Å²) in [6.07, 6.45) is 0. The second-order valence-electron chi connectivity index (χ2n) is 5.34. The first-order chi connectivity index (χ1) is 12.4. The minimum Gasteiger partial charge on any atom is -0.495 e. The maximum absolute atomic E-state index is 12.8. The van der Waals surface area contributed by atoms with Crippen LogP contribution in [-0.2, 0) is 9.59 Å². The largest absolute Gasteiger partial charge is 0.495 e. The van der Waals surface area contributed by atoms with Crippen molar-refractivity contribution in [3.05, 3.63) is 53.3 Å². The summed E-state index contributed by atoms with van der Waals surface area (Å²) in [6.45, 7) is 1.70. The molecule has 0 fully saturated rings. The van der Waals surface area contributed by atoms with Crippen LogP contribution in [0, 0.1) is 5.82 Å². The number of hydrogen-bond acceptors (Lipinski definition) is 4. The van der Waals surface area contributed by atoms with Gasteiger partial charge in [-0.15, -0.1) is 11.8 Å². The Kier molecular flexibility index (Phi) is 7.29. The molecule has 0 aliphatic rings. The zero-order chi connectivity index (χ0) is 19.1. The Balaban J connectivity index is 1.86. The van der Waals surface area contributed by atoms with Crippen LogP contribution in [0.4, 0.5) is 15.8 Å². The van der Waals surface area contributed by atoms with E-state index in [0.29, 0.717) is 22.1 Å². The Morgan fingerprint density at radius 2 is 1.88 bits per heavy atom. The van der Waals surface area contributed by atoms with Crippen LogP contribution >= 0.6 is 23.4 Å². The number of ether oxygens (including phenoxy) is 1. The predicted octanol–water partition coefficient (Wildman–Crippen LogP) is 4.19. The Morgan fingerprint density at radius 1 is 1.19 bits per heavy atom. The normalized spacial score (nSPS) is 11.5. The highest BCUT2D eigenvalue weighted by atomic mass is 35.5. The van der Waals surface area contributed by atoms with Crippen LogP contribution in [0.5, 0.6) is 5.75 Å². The third-order valence-corrected chi connectivity index (χ3v) is 4.76. The zero-order valence-electron chi connectivity index (χ0n) is 14.2. The van der Waals surface area contributed by atoms with E-state index in [-0.39, 0.29) is 23.4 Å². The second-order valence-corrected chi connectivity index (χ2v) is 7.11. The molecule has 138 valence electrons. The van der Waals surface area contributed by atoms with Crippen molar-refractivity contribution in [3.8, 4) is 5.75 Å². The molecule has 0 aliphatic carbocycles. The molecule has 1 atom stereocenters. The summed E-state index contributed by atoms with van der Waals surface area (Å²) in [5, 5.41) is 5.38. The molecule has 0 unspecified atom stereocenters. The number of nitrogens with one attached hydrogen (secondary N) is 2. The van der Waals surface area contributed by atoms with E-state index in [4.69, 9.17) is 16.3 Å². The molecule has 5 nitrogen and oxygen atoms in total. The van der Waals surface area contributed by atoms with Gasteiger partial charge in [0.15, 0.2) is 0 Å². The third-order valence-electron chi connectivity index (χ3n) is 3.38. The Labute approximate surface area is 160 Å². The number of rotatable bonds is 7. The number of carbonyl (C=O) groups is 2. The standard InChI is InChI=1S/C18H18ClFN2O3S/c1-11(18(24)22-15-9-12(19)3-8-16(15)25-2)26-10-17(23)21-14-6-4-13(20)5-7-14/h3-9,11H,10H2,1-2H3,(H,21,23)(H,22,24)/t11-/m1/s1. The highest BCUT2D eigenvalue weighted by molar-refractivity contribution is 8.01. The van der Waals surface area contributed by atoms with Gasteiger partial charge in [-0.2, -0.15) is 0 Å². The average Bonchev–Trinajstić information content (AvgIpc) is 2.61. The molecule has 26 heavy (non-hydrogen) atoms. The van der Waals surface area contributed by atoms with Crippen LogP contribution in [0.3, 0.4) is 0 Å². The topological polar surface area (TPSA) is 67.4 Å². The molecular formula is C18H18ClFN2O3S. The van der Waals surface area contributed by atoms with Crippen LogP contribution in [0.2, 0.25) is 5.02 Å². The molecule has 0 spiro atoms. The van der Waals surface area contributed by atoms with Crippen molar-refractivity contribution < 1.29 is 18.7 Å². The number of thioether (sulfide) groups is 1. The summed E-state index contributed by atoms with van der Waals surface area (Å²) in [5.41, 5.74) is 0.964. The first kappa shape index (κ1) is 20.1. The third kappa shape index (κ3) is 5.93. The van der Waals surface area contributed by atoms with E-state index in [1.165, 1.54) is 43.1 Å². The van der Waals surface area contributed by atoms with E-state index in [0.717, 1.165) is 0 Å². The fraction of sp³-hybridized carbons (Fsp3) is 0.222. The maximum atomic E-state index is 12.8. The number of halogens is 2. The van der Waals surface area contributed by atoms with Crippen LogP contribution in [0.1, 0.15) is 6.92 Å². The first-order valence-electron chi connectivity index (χ1n) is 7.70. The van der Waals surface area contributed by atoms with E-state index < -0.39 is 5.25 Å². The molecule has 0 bridgehead atoms. The van der Waals surface area contributed by atoms with E-state index in [2.05, 4.69) is 10.6 Å². The van der Waals surface area contributed by atoms with Crippen LogP contribution in [-0.4, -0.2) is 29.9 Å². The summed E-state index contributed by atoms with van der Waals surface area (Å²) in [6, 6.07) is 10.4. The van der Waals surface area contributed by atoms with Crippen molar-refractivity contribution in [2.45, 2.75) is 12.2 Å². The van der Waals surface area contributed by atoms with Gasteiger partial charge in [-0.3, -0.25) is 9.59 Å². The lowest BCUT2D eigenvalue weighted by Crippen LogP contribution is -2.25. The monoisotopic (exact) mass is 396 g/mol. The highest BCUT2D eigenvalue weighted by Crippen LogP contribution is 2.28. The van der Waals surface area contributed by atoms with Gasteiger partial charge in [0.1, 0.15) is 11.6 Å². The van der Waals surface area contributed by atoms with Crippen LogP contribution < -0.4 is 15.4 Å². The van der Waals surface area contributed by atoms with Gasteiger partial charge in [0.25, 0.3) is 0 Å². The SMILES string of the molecule is COc1ccc(Cl)cc1NC(=O)[C@@H](C)SCC(=O)Nc1ccc(F)cc1. The summed E-state index contributed by atoms with van der Waals surface area (Å²) >= 11 is 7.12. The van der Waals surface area contributed by atoms with Crippen molar-refractivity contribution in [2.24, 2.45) is 0 Å². The van der Waals surface area contributed by atoms with Gasteiger partial charge in [-0.05, 0) is 49.4 Å².